The molecule has 0 saturated heterocycles. The van der Waals surface area contributed by atoms with Crippen molar-refractivity contribution < 1.29 is 14.0 Å². The molecule has 5 nitrogen and oxygen atoms in total. The lowest BCUT2D eigenvalue weighted by molar-refractivity contribution is -0.122. The maximum Gasteiger partial charge on any atom is 0.322 e. The number of nitrogens with zero attached hydrogens (tertiary/aromatic N) is 1. The van der Waals surface area contributed by atoms with E-state index in [1.807, 2.05) is 26.0 Å². The second-order valence-electron chi connectivity index (χ2n) is 7.85. The second kappa shape index (κ2) is 10.2. The Morgan fingerprint density at radius 1 is 1.20 bits per heavy atom. The van der Waals surface area contributed by atoms with Crippen LogP contribution in [-0.4, -0.2) is 29.4 Å². The van der Waals surface area contributed by atoms with Gasteiger partial charge in [-0.25, -0.2) is 9.18 Å². The largest absolute Gasteiger partial charge is 0.349 e. The Morgan fingerprint density at radius 3 is 2.77 bits per heavy atom. The maximum atomic E-state index is 13.4. The number of aryl methyl sites for hydroxylation is 1. The molecule has 30 heavy (non-hydrogen) atoms. The first-order valence-electron chi connectivity index (χ1n) is 10.7. The Hall–Kier alpha value is -2.89. The van der Waals surface area contributed by atoms with Gasteiger partial charge in [0.1, 0.15) is 5.82 Å². The molecule has 0 aromatic heterocycles. The molecule has 0 saturated carbocycles. The summed E-state index contributed by atoms with van der Waals surface area (Å²) in [7, 11) is 0. The van der Waals surface area contributed by atoms with Gasteiger partial charge in [-0.2, -0.15) is 0 Å². The van der Waals surface area contributed by atoms with E-state index < -0.39 is 5.82 Å². The Balaban J connectivity index is 1.59. The normalized spacial score (nSPS) is 16.3. The zero-order chi connectivity index (χ0) is 21.5. The zero-order valence-corrected chi connectivity index (χ0v) is 17.7. The molecule has 1 aliphatic rings. The minimum Gasteiger partial charge on any atom is -0.349 e. The molecule has 3 amide bonds. The minimum absolute atomic E-state index is 0.0284. The lowest BCUT2D eigenvalue weighted by Gasteiger charge is -2.30. The highest BCUT2D eigenvalue weighted by Gasteiger charge is 2.23. The maximum absolute atomic E-state index is 13.4. The van der Waals surface area contributed by atoms with E-state index in [1.165, 1.54) is 23.3 Å². The summed E-state index contributed by atoms with van der Waals surface area (Å²) in [6, 6.07) is 13.7. The third kappa shape index (κ3) is 5.59. The fourth-order valence-corrected chi connectivity index (χ4v) is 3.90. The number of urea groups is 1. The van der Waals surface area contributed by atoms with E-state index in [2.05, 4.69) is 22.8 Å². The highest BCUT2D eigenvalue weighted by atomic mass is 19.1. The zero-order valence-electron chi connectivity index (χ0n) is 17.7. The van der Waals surface area contributed by atoms with E-state index in [4.69, 9.17) is 0 Å². The average molecular weight is 412 g/mol. The minimum atomic E-state index is -0.407. The van der Waals surface area contributed by atoms with Crippen molar-refractivity contribution in [3.8, 4) is 0 Å². The van der Waals surface area contributed by atoms with E-state index in [0.717, 1.165) is 25.7 Å². The van der Waals surface area contributed by atoms with Gasteiger partial charge in [0.05, 0.1) is 6.04 Å². The first-order valence-corrected chi connectivity index (χ1v) is 10.7. The summed E-state index contributed by atoms with van der Waals surface area (Å²) >= 11 is 0. The van der Waals surface area contributed by atoms with Gasteiger partial charge in [0.2, 0.25) is 5.91 Å². The molecule has 0 aliphatic heterocycles. The predicted molar refractivity (Wildman–Crippen MR) is 117 cm³/mol. The van der Waals surface area contributed by atoms with Crippen LogP contribution < -0.4 is 10.6 Å². The summed E-state index contributed by atoms with van der Waals surface area (Å²) in [5.74, 6) is -0.474. The summed E-state index contributed by atoms with van der Waals surface area (Å²) in [6.07, 6.45) is 4.01. The lowest BCUT2D eigenvalue weighted by Crippen LogP contribution is -2.43. The van der Waals surface area contributed by atoms with Gasteiger partial charge in [0.15, 0.2) is 0 Å². The van der Waals surface area contributed by atoms with E-state index in [1.54, 1.807) is 17.0 Å². The third-order valence-corrected chi connectivity index (χ3v) is 5.74. The van der Waals surface area contributed by atoms with Crippen LogP contribution in [0.25, 0.3) is 0 Å². The van der Waals surface area contributed by atoms with E-state index in [-0.39, 0.29) is 30.4 Å². The van der Waals surface area contributed by atoms with Gasteiger partial charge in [0, 0.05) is 24.7 Å². The van der Waals surface area contributed by atoms with Gasteiger partial charge in [-0.05, 0) is 61.9 Å². The van der Waals surface area contributed by atoms with Crippen LogP contribution in [0.2, 0.25) is 0 Å². The first kappa shape index (κ1) is 21.8. The molecule has 160 valence electrons. The molecule has 0 spiro atoms. The molecule has 2 aromatic rings. The lowest BCUT2D eigenvalue weighted by atomic mass is 9.87. The van der Waals surface area contributed by atoms with Crippen LogP contribution in [0.3, 0.4) is 0 Å². The molecule has 0 heterocycles. The number of rotatable bonds is 7. The number of amides is 3. The quantitative estimate of drug-likeness (QED) is 0.670. The topological polar surface area (TPSA) is 61.4 Å². The number of hydrogen-bond donors (Lipinski definition) is 2. The molecule has 0 bridgehead atoms. The molecular formula is C24H30FN3O2. The molecular weight excluding hydrogens is 381 g/mol. The number of carbonyl (C=O) groups is 2. The van der Waals surface area contributed by atoms with Crippen LogP contribution in [0.5, 0.6) is 0 Å². The molecule has 2 N–H and O–H groups in total. The van der Waals surface area contributed by atoms with Gasteiger partial charge >= 0.3 is 6.03 Å². The van der Waals surface area contributed by atoms with Crippen LogP contribution in [0.15, 0.2) is 48.5 Å². The van der Waals surface area contributed by atoms with Crippen molar-refractivity contribution in [2.75, 3.05) is 11.9 Å². The standard InChI is InChI=1S/C24H30FN3O2/c1-3-17(2)28(24(30)26-20-11-7-10-19(25)16-20)15-14-23(29)27-22-13-6-9-18-8-4-5-12-21(18)22/h4-5,7-8,10-12,16-17,22H,3,6,9,13-15H2,1-2H3,(H,26,30)(H,27,29). The number of nitrogens with one attached hydrogen (secondary N) is 2. The Morgan fingerprint density at radius 2 is 2.00 bits per heavy atom. The van der Waals surface area contributed by atoms with Gasteiger partial charge in [-0.1, -0.05) is 37.3 Å². The third-order valence-electron chi connectivity index (χ3n) is 5.74. The number of anilines is 1. The van der Waals surface area contributed by atoms with Crippen LogP contribution >= 0.6 is 0 Å². The molecule has 1 aliphatic carbocycles. The number of halogens is 1. The van der Waals surface area contributed by atoms with E-state index in [0.29, 0.717) is 12.2 Å². The Bertz CT molecular complexity index is 886. The highest BCUT2D eigenvalue weighted by molar-refractivity contribution is 5.90. The SMILES string of the molecule is CCC(C)N(CCC(=O)NC1CCCc2ccccc21)C(=O)Nc1cccc(F)c1. The van der Waals surface area contributed by atoms with Crippen molar-refractivity contribution in [2.45, 2.75) is 58.0 Å². The second-order valence-corrected chi connectivity index (χ2v) is 7.85. The molecule has 0 fully saturated rings. The molecule has 2 atom stereocenters. The summed E-state index contributed by atoms with van der Waals surface area (Å²) in [6.45, 7) is 4.24. The number of carbonyl (C=O) groups excluding carboxylic acids is 2. The van der Waals surface area contributed by atoms with Gasteiger partial charge < -0.3 is 15.5 Å². The molecule has 3 rings (SSSR count). The molecule has 0 radical (unpaired) electrons. The van der Waals surface area contributed by atoms with Crippen molar-refractivity contribution in [1.29, 1.82) is 0 Å². The van der Waals surface area contributed by atoms with Crippen LogP contribution in [0.1, 0.15) is 56.7 Å². The van der Waals surface area contributed by atoms with E-state index in [9.17, 15) is 14.0 Å². The smallest absolute Gasteiger partial charge is 0.322 e. The summed E-state index contributed by atoms with van der Waals surface area (Å²) < 4.78 is 13.4. The van der Waals surface area contributed by atoms with Crippen molar-refractivity contribution in [2.24, 2.45) is 0 Å². The van der Waals surface area contributed by atoms with Crippen LogP contribution in [0, 0.1) is 5.82 Å². The van der Waals surface area contributed by atoms with Gasteiger partial charge in [-0.3, -0.25) is 4.79 Å². The van der Waals surface area contributed by atoms with Gasteiger partial charge in [-0.15, -0.1) is 0 Å². The van der Waals surface area contributed by atoms with Crippen molar-refractivity contribution in [3.05, 3.63) is 65.5 Å². The summed E-state index contributed by atoms with van der Waals surface area (Å²) in [5, 5.41) is 5.87. The van der Waals surface area contributed by atoms with E-state index >= 15 is 0 Å². The van der Waals surface area contributed by atoms with Crippen molar-refractivity contribution >= 4 is 17.6 Å². The summed E-state index contributed by atoms with van der Waals surface area (Å²) in [4.78, 5) is 27.0. The molecule has 2 unspecified atom stereocenters. The number of fused-ring (bicyclic) bond motifs is 1. The van der Waals surface area contributed by atoms with Crippen molar-refractivity contribution in [3.63, 3.8) is 0 Å². The highest BCUT2D eigenvalue weighted by Crippen LogP contribution is 2.29. The van der Waals surface area contributed by atoms with Crippen molar-refractivity contribution in [1.82, 2.24) is 10.2 Å². The van der Waals surface area contributed by atoms with Crippen LogP contribution in [0.4, 0.5) is 14.9 Å². The number of benzene rings is 2. The summed E-state index contributed by atoms with van der Waals surface area (Å²) in [5.41, 5.74) is 2.89. The monoisotopic (exact) mass is 411 g/mol. The van der Waals surface area contributed by atoms with Crippen LogP contribution in [-0.2, 0) is 11.2 Å². The fourth-order valence-electron chi connectivity index (χ4n) is 3.90. The Kier molecular flexibility index (Phi) is 7.44. The number of hydrogen-bond acceptors (Lipinski definition) is 2. The predicted octanol–water partition coefficient (Wildman–Crippen LogP) is 5.04. The molecule has 6 heteroatoms. The first-order chi connectivity index (χ1) is 14.5. The fraction of sp³-hybridized carbons (Fsp3) is 0.417. The molecule has 2 aromatic carbocycles. The Labute approximate surface area is 177 Å². The average Bonchev–Trinajstić information content (AvgIpc) is 2.74. The van der Waals surface area contributed by atoms with Gasteiger partial charge in [0.25, 0.3) is 0 Å².